The summed E-state index contributed by atoms with van der Waals surface area (Å²) in [6, 6.07) is 4.89. The summed E-state index contributed by atoms with van der Waals surface area (Å²) >= 11 is 0. The maximum absolute atomic E-state index is 10.9. The van der Waals surface area contributed by atoms with E-state index < -0.39 is 11.9 Å². The molecule has 0 heterocycles. The van der Waals surface area contributed by atoms with E-state index in [-0.39, 0.29) is 12.2 Å². The fourth-order valence-electron chi connectivity index (χ4n) is 2.05. The van der Waals surface area contributed by atoms with Gasteiger partial charge in [-0.1, -0.05) is 17.3 Å². The Morgan fingerprint density at radius 1 is 1.44 bits per heavy atom. The van der Waals surface area contributed by atoms with E-state index in [1.165, 1.54) is 7.11 Å². The molecule has 1 aliphatic rings. The minimum Gasteiger partial charge on any atom is -0.508 e. The van der Waals surface area contributed by atoms with Gasteiger partial charge in [-0.15, -0.1) is 0 Å². The topological polar surface area (TPSA) is 79.1 Å². The van der Waals surface area contributed by atoms with Gasteiger partial charge < -0.3 is 15.1 Å². The molecule has 1 atom stereocenters. The molecule has 0 amide bonds. The van der Waals surface area contributed by atoms with Crippen LogP contribution in [-0.2, 0) is 9.63 Å². The highest BCUT2D eigenvalue weighted by Crippen LogP contribution is 2.33. The van der Waals surface area contributed by atoms with Gasteiger partial charge in [0.05, 0.1) is 12.1 Å². The third kappa shape index (κ3) is 2.34. The molecule has 0 aromatic heterocycles. The summed E-state index contributed by atoms with van der Waals surface area (Å²) in [5, 5.41) is 22.3. The number of oxime groups is 1. The van der Waals surface area contributed by atoms with Crippen LogP contribution in [0.4, 0.5) is 0 Å². The summed E-state index contributed by atoms with van der Waals surface area (Å²) in [4.78, 5) is 15.6. The number of rotatable bonds is 3. The van der Waals surface area contributed by atoms with Crippen LogP contribution in [0.25, 0.3) is 6.08 Å². The maximum atomic E-state index is 10.9. The molecule has 2 N–H and O–H groups in total. The summed E-state index contributed by atoms with van der Waals surface area (Å²) in [5.74, 6) is -1.22. The van der Waals surface area contributed by atoms with Crippen molar-refractivity contribution in [2.75, 3.05) is 7.11 Å². The Hall–Kier alpha value is -2.30. The van der Waals surface area contributed by atoms with Gasteiger partial charge in [-0.05, 0) is 29.3 Å². The van der Waals surface area contributed by atoms with Gasteiger partial charge in [0.25, 0.3) is 0 Å². The Kier molecular flexibility index (Phi) is 3.32. The second-order valence-electron chi connectivity index (χ2n) is 4.00. The van der Waals surface area contributed by atoms with Crippen molar-refractivity contribution in [3.8, 4) is 5.75 Å². The highest BCUT2D eigenvalue weighted by atomic mass is 16.6. The SMILES string of the molecule is CO/N=C1/C=Cc2ccc(O)cc2C1CC(=O)O. The summed E-state index contributed by atoms with van der Waals surface area (Å²) in [6.07, 6.45) is 3.46. The van der Waals surface area contributed by atoms with E-state index in [2.05, 4.69) is 5.16 Å². The van der Waals surface area contributed by atoms with Crippen molar-refractivity contribution in [3.05, 3.63) is 35.4 Å². The number of phenolic OH excluding ortho intramolecular Hbond substituents is 1. The molecule has 1 aromatic carbocycles. The van der Waals surface area contributed by atoms with E-state index in [4.69, 9.17) is 9.94 Å². The second-order valence-corrected chi connectivity index (χ2v) is 4.00. The van der Waals surface area contributed by atoms with Crippen molar-refractivity contribution in [2.24, 2.45) is 5.16 Å². The first-order chi connectivity index (χ1) is 8.61. The minimum absolute atomic E-state index is 0.0943. The van der Waals surface area contributed by atoms with E-state index in [1.54, 1.807) is 24.3 Å². The van der Waals surface area contributed by atoms with E-state index in [1.807, 2.05) is 6.08 Å². The number of aromatic hydroxyl groups is 1. The van der Waals surface area contributed by atoms with Crippen molar-refractivity contribution in [1.82, 2.24) is 0 Å². The summed E-state index contributed by atoms with van der Waals surface area (Å²) in [6.45, 7) is 0. The number of hydrogen-bond acceptors (Lipinski definition) is 4. The zero-order chi connectivity index (χ0) is 13.1. The van der Waals surface area contributed by atoms with Gasteiger partial charge in [-0.3, -0.25) is 4.79 Å². The second kappa shape index (κ2) is 4.91. The third-order valence-corrected chi connectivity index (χ3v) is 2.81. The average Bonchev–Trinajstić information content (AvgIpc) is 2.32. The summed E-state index contributed by atoms with van der Waals surface area (Å²) in [7, 11) is 1.41. The fraction of sp³-hybridized carbons (Fsp3) is 0.231. The molecule has 1 unspecified atom stereocenters. The molecule has 0 fully saturated rings. The molecule has 2 rings (SSSR count). The standard InChI is InChI=1S/C13H13NO4/c1-18-14-12-5-3-8-2-4-9(15)6-10(8)11(12)7-13(16)17/h2-6,11,15H,7H2,1H3,(H,16,17)/b14-12-. The zero-order valence-electron chi connectivity index (χ0n) is 9.83. The van der Waals surface area contributed by atoms with E-state index in [9.17, 15) is 9.90 Å². The lowest BCUT2D eigenvalue weighted by atomic mass is 9.83. The number of benzene rings is 1. The first-order valence-corrected chi connectivity index (χ1v) is 5.45. The van der Waals surface area contributed by atoms with Gasteiger partial charge in [0, 0.05) is 5.92 Å². The Morgan fingerprint density at radius 2 is 2.22 bits per heavy atom. The van der Waals surface area contributed by atoms with E-state index in [0.29, 0.717) is 5.71 Å². The average molecular weight is 247 g/mol. The molecule has 5 nitrogen and oxygen atoms in total. The molecule has 94 valence electrons. The third-order valence-electron chi connectivity index (χ3n) is 2.81. The molecule has 18 heavy (non-hydrogen) atoms. The van der Waals surface area contributed by atoms with Crippen LogP contribution in [0.15, 0.2) is 29.4 Å². The molecule has 0 aliphatic heterocycles. The lowest BCUT2D eigenvalue weighted by Crippen LogP contribution is -2.18. The van der Waals surface area contributed by atoms with Crippen LogP contribution in [0.3, 0.4) is 0 Å². The molecule has 0 saturated heterocycles. The zero-order valence-corrected chi connectivity index (χ0v) is 9.83. The number of allylic oxidation sites excluding steroid dienone is 1. The highest BCUT2D eigenvalue weighted by molar-refractivity contribution is 6.07. The van der Waals surface area contributed by atoms with Crippen molar-refractivity contribution in [1.29, 1.82) is 0 Å². The van der Waals surface area contributed by atoms with Crippen LogP contribution in [-0.4, -0.2) is 29.0 Å². The lowest BCUT2D eigenvalue weighted by Gasteiger charge is -2.21. The van der Waals surface area contributed by atoms with Gasteiger partial charge in [-0.2, -0.15) is 0 Å². The normalized spacial score (nSPS) is 19.6. The monoisotopic (exact) mass is 247 g/mol. The van der Waals surface area contributed by atoms with Gasteiger partial charge in [0.1, 0.15) is 12.9 Å². The smallest absolute Gasteiger partial charge is 0.304 e. The molecular formula is C13H13NO4. The number of carboxylic acids is 1. The van der Waals surface area contributed by atoms with Crippen molar-refractivity contribution >= 4 is 17.8 Å². The number of nitrogens with zero attached hydrogens (tertiary/aromatic N) is 1. The quantitative estimate of drug-likeness (QED) is 0.800. The molecular weight excluding hydrogens is 234 g/mol. The van der Waals surface area contributed by atoms with Crippen LogP contribution < -0.4 is 0 Å². The van der Waals surface area contributed by atoms with Crippen molar-refractivity contribution in [2.45, 2.75) is 12.3 Å². The minimum atomic E-state index is -0.923. The molecule has 0 bridgehead atoms. The van der Waals surface area contributed by atoms with Gasteiger partial charge in [0.15, 0.2) is 0 Å². The van der Waals surface area contributed by atoms with Crippen LogP contribution in [0.2, 0.25) is 0 Å². The number of fused-ring (bicyclic) bond motifs is 1. The number of aliphatic carboxylic acids is 1. The summed E-state index contributed by atoms with van der Waals surface area (Å²) in [5.41, 5.74) is 2.17. The Labute approximate surface area is 104 Å². The first-order valence-electron chi connectivity index (χ1n) is 5.45. The number of phenols is 1. The fourth-order valence-corrected chi connectivity index (χ4v) is 2.05. The number of carboxylic acid groups (broad SMARTS) is 1. The number of carbonyl (C=O) groups is 1. The van der Waals surface area contributed by atoms with Crippen molar-refractivity contribution < 1.29 is 19.8 Å². The molecule has 0 saturated carbocycles. The molecule has 0 radical (unpaired) electrons. The van der Waals surface area contributed by atoms with Gasteiger partial charge in [-0.25, -0.2) is 0 Å². The van der Waals surface area contributed by atoms with Crippen LogP contribution in [0.5, 0.6) is 5.75 Å². The highest BCUT2D eigenvalue weighted by Gasteiger charge is 2.26. The predicted molar refractivity (Wildman–Crippen MR) is 66.6 cm³/mol. The molecule has 1 aromatic rings. The summed E-state index contributed by atoms with van der Waals surface area (Å²) < 4.78 is 0. The van der Waals surface area contributed by atoms with E-state index in [0.717, 1.165) is 11.1 Å². The maximum Gasteiger partial charge on any atom is 0.304 e. The Morgan fingerprint density at radius 3 is 2.89 bits per heavy atom. The predicted octanol–water partition coefficient (Wildman–Crippen LogP) is 1.98. The van der Waals surface area contributed by atoms with Crippen LogP contribution in [0.1, 0.15) is 23.5 Å². The number of hydrogen-bond donors (Lipinski definition) is 2. The molecule has 0 spiro atoms. The van der Waals surface area contributed by atoms with Crippen LogP contribution in [0, 0.1) is 0 Å². The Bertz CT molecular complexity index is 534. The lowest BCUT2D eigenvalue weighted by molar-refractivity contribution is -0.137. The molecule has 5 heteroatoms. The van der Waals surface area contributed by atoms with Gasteiger partial charge >= 0.3 is 5.97 Å². The largest absolute Gasteiger partial charge is 0.508 e. The first kappa shape index (κ1) is 12.2. The Balaban J connectivity index is 2.48. The van der Waals surface area contributed by atoms with Gasteiger partial charge in [0.2, 0.25) is 0 Å². The van der Waals surface area contributed by atoms with E-state index >= 15 is 0 Å². The molecule has 1 aliphatic carbocycles. The van der Waals surface area contributed by atoms with Crippen molar-refractivity contribution in [3.63, 3.8) is 0 Å². The van der Waals surface area contributed by atoms with Crippen LogP contribution >= 0.6 is 0 Å².